The fourth-order valence-electron chi connectivity index (χ4n) is 3.69. The quantitative estimate of drug-likeness (QED) is 0.542. The van der Waals surface area contributed by atoms with Crippen molar-refractivity contribution in [2.75, 3.05) is 20.6 Å². The van der Waals surface area contributed by atoms with Crippen LogP contribution in [0.3, 0.4) is 0 Å². The zero-order valence-corrected chi connectivity index (χ0v) is 19.3. The number of nitrogens with one attached hydrogen (secondary N) is 1. The minimum Gasteiger partial charge on any atom is -0.366 e. The van der Waals surface area contributed by atoms with Crippen molar-refractivity contribution in [3.05, 3.63) is 71.3 Å². The van der Waals surface area contributed by atoms with Gasteiger partial charge in [-0.2, -0.15) is 0 Å². The van der Waals surface area contributed by atoms with E-state index in [1.54, 1.807) is 12.1 Å². The molecule has 0 unspecified atom stereocenters. The molecular weight excluding hydrogens is 386 g/mol. The first kappa shape index (κ1) is 24.6. The molecule has 0 aliphatic rings. The predicted molar refractivity (Wildman–Crippen MR) is 127 cm³/mol. The third-order valence-corrected chi connectivity index (χ3v) is 5.77. The van der Waals surface area contributed by atoms with E-state index in [0.29, 0.717) is 24.4 Å². The van der Waals surface area contributed by atoms with E-state index in [2.05, 4.69) is 36.2 Å². The summed E-state index contributed by atoms with van der Waals surface area (Å²) in [7, 11) is 4.04. The molecule has 0 radical (unpaired) electrons. The number of nitrogens with zero attached hydrogens (tertiary/aromatic N) is 1. The fourth-order valence-corrected chi connectivity index (χ4v) is 3.69. The number of benzene rings is 2. The molecule has 5 heteroatoms. The fraction of sp³-hybridized carbons (Fsp3) is 0.462. The van der Waals surface area contributed by atoms with Gasteiger partial charge in [-0.3, -0.25) is 9.59 Å². The van der Waals surface area contributed by atoms with E-state index < -0.39 is 5.91 Å². The molecular formula is C26H37N3O2. The molecule has 2 aromatic rings. The van der Waals surface area contributed by atoms with Crippen LogP contribution in [-0.4, -0.2) is 43.4 Å². The Balaban J connectivity index is 1.95. The minimum atomic E-state index is -0.423. The average Bonchev–Trinajstić information content (AvgIpc) is 2.74. The maximum Gasteiger partial charge on any atom is 0.248 e. The summed E-state index contributed by atoms with van der Waals surface area (Å²) >= 11 is 0. The second-order valence-electron chi connectivity index (χ2n) is 8.97. The standard InChI is InChI=1S/C26H37N3O2/c1-19(2)10-13-23(21-8-6-5-7-9-21)17-25(30)28-18-24(29(3)4)16-20-11-14-22(15-12-20)26(27)31/h5-9,11-12,14-15,19,23-24H,10,13,16-18H2,1-4H3,(H2,27,31)(H,28,30)/t23-,24+/m1/s1. The third-order valence-electron chi connectivity index (χ3n) is 5.77. The van der Waals surface area contributed by atoms with Crippen LogP contribution in [-0.2, 0) is 11.2 Å². The van der Waals surface area contributed by atoms with Crippen LogP contribution in [0.4, 0.5) is 0 Å². The molecule has 2 rings (SSSR count). The predicted octanol–water partition coefficient (Wildman–Crippen LogP) is 3.98. The van der Waals surface area contributed by atoms with Gasteiger partial charge in [0, 0.05) is 24.6 Å². The molecule has 0 spiro atoms. The van der Waals surface area contributed by atoms with Crippen molar-refractivity contribution in [1.29, 1.82) is 0 Å². The molecule has 0 fully saturated rings. The van der Waals surface area contributed by atoms with Crippen molar-refractivity contribution in [3.63, 3.8) is 0 Å². The third kappa shape index (κ3) is 8.54. The summed E-state index contributed by atoms with van der Waals surface area (Å²) in [5, 5.41) is 3.15. The topological polar surface area (TPSA) is 75.4 Å². The highest BCUT2D eigenvalue weighted by atomic mass is 16.1. The Hall–Kier alpha value is -2.66. The van der Waals surface area contributed by atoms with Crippen LogP contribution in [0.2, 0.25) is 0 Å². The van der Waals surface area contributed by atoms with Gasteiger partial charge in [-0.05, 0) is 62.0 Å². The molecule has 5 nitrogen and oxygen atoms in total. The number of nitrogens with two attached hydrogens (primary N) is 1. The molecule has 168 valence electrons. The van der Waals surface area contributed by atoms with Crippen molar-refractivity contribution < 1.29 is 9.59 Å². The van der Waals surface area contributed by atoms with Gasteiger partial charge in [-0.1, -0.05) is 62.7 Å². The van der Waals surface area contributed by atoms with Crippen LogP contribution in [0.25, 0.3) is 0 Å². The van der Waals surface area contributed by atoms with E-state index in [0.717, 1.165) is 24.8 Å². The van der Waals surface area contributed by atoms with Crippen LogP contribution in [0, 0.1) is 5.92 Å². The molecule has 0 aliphatic carbocycles. The van der Waals surface area contributed by atoms with Gasteiger partial charge < -0.3 is 16.0 Å². The first-order valence-corrected chi connectivity index (χ1v) is 11.1. The first-order chi connectivity index (χ1) is 14.8. The molecule has 2 amide bonds. The van der Waals surface area contributed by atoms with Gasteiger partial charge in [0.05, 0.1) is 0 Å². The van der Waals surface area contributed by atoms with Crippen molar-refractivity contribution >= 4 is 11.8 Å². The molecule has 2 atom stereocenters. The van der Waals surface area contributed by atoms with Crippen LogP contribution >= 0.6 is 0 Å². The number of likely N-dealkylation sites (N-methyl/N-ethyl adjacent to an activating group) is 1. The van der Waals surface area contributed by atoms with E-state index in [-0.39, 0.29) is 17.9 Å². The number of rotatable bonds is 12. The smallest absolute Gasteiger partial charge is 0.248 e. The highest BCUT2D eigenvalue weighted by Crippen LogP contribution is 2.26. The summed E-state index contributed by atoms with van der Waals surface area (Å²) in [6.45, 7) is 5.02. The molecule has 3 N–H and O–H groups in total. The lowest BCUT2D eigenvalue weighted by Crippen LogP contribution is -2.41. The Labute approximate surface area is 187 Å². The molecule has 0 aromatic heterocycles. The van der Waals surface area contributed by atoms with E-state index >= 15 is 0 Å². The first-order valence-electron chi connectivity index (χ1n) is 11.1. The lowest BCUT2D eigenvalue weighted by molar-refractivity contribution is -0.121. The molecule has 0 saturated heterocycles. The molecule has 0 saturated carbocycles. The summed E-state index contributed by atoms with van der Waals surface area (Å²) < 4.78 is 0. The molecule has 31 heavy (non-hydrogen) atoms. The lowest BCUT2D eigenvalue weighted by atomic mass is 9.88. The number of amides is 2. The van der Waals surface area contributed by atoms with Gasteiger partial charge in [0.15, 0.2) is 0 Å². The van der Waals surface area contributed by atoms with E-state index in [4.69, 9.17) is 5.73 Å². The number of carbonyl (C=O) groups is 2. The van der Waals surface area contributed by atoms with E-state index in [9.17, 15) is 9.59 Å². The normalized spacial score (nSPS) is 13.2. The number of hydrogen-bond donors (Lipinski definition) is 2. The lowest BCUT2D eigenvalue weighted by Gasteiger charge is -2.25. The highest BCUT2D eigenvalue weighted by molar-refractivity contribution is 5.92. The van der Waals surface area contributed by atoms with Crippen LogP contribution < -0.4 is 11.1 Å². The number of primary amides is 1. The van der Waals surface area contributed by atoms with Gasteiger partial charge in [0.2, 0.25) is 11.8 Å². The Bertz CT molecular complexity index is 816. The van der Waals surface area contributed by atoms with Crippen molar-refractivity contribution in [2.45, 2.75) is 51.5 Å². The van der Waals surface area contributed by atoms with Gasteiger partial charge in [-0.15, -0.1) is 0 Å². The largest absolute Gasteiger partial charge is 0.366 e. The SMILES string of the molecule is CC(C)CC[C@H](CC(=O)NC[C@H](Cc1ccc(C(N)=O)cc1)N(C)C)c1ccccc1. The van der Waals surface area contributed by atoms with Crippen molar-refractivity contribution in [2.24, 2.45) is 11.7 Å². The molecule has 0 aliphatic heterocycles. The second-order valence-corrected chi connectivity index (χ2v) is 8.97. The summed E-state index contributed by atoms with van der Waals surface area (Å²) in [5.41, 5.74) is 8.17. The molecule has 0 bridgehead atoms. The second kappa shape index (κ2) is 12.3. The summed E-state index contributed by atoms with van der Waals surface area (Å²) in [4.78, 5) is 26.2. The van der Waals surface area contributed by atoms with Crippen molar-refractivity contribution in [1.82, 2.24) is 10.2 Å². The minimum absolute atomic E-state index is 0.0912. The monoisotopic (exact) mass is 423 g/mol. The van der Waals surface area contributed by atoms with Gasteiger partial charge in [0.25, 0.3) is 0 Å². The summed E-state index contributed by atoms with van der Waals surface area (Å²) in [5.74, 6) is 0.526. The van der Waals surface area contributed by atoms with Gasteiger partial charge in [-0.25, -0.2) is 0 Å². The average molecular weight is 424 g/mol. The van der Waals surface area contributed by atoms with Gasteiger partial charge >= 0.3 is 0 Å². The van der Waals surface area contributed by atoms with Gasteiger partial charge in [0.1, 0.15) is 0 Å². The molecule has 2 aromatic carbocycles. The maximum absolute atomic E-state index is 12.8. The van der Waals surface area contributed by atoms with Crippen LogP contribution in [0.15, 0.2) is 54.6 Å². The summed E-state index contributed by atoms with van der Waals surface area (Å²) in [6, 6.07) is 17.9. The Morgan fingerprint density at radius 2 is 1.61 bits per heavy atom. The maximum atomic E-state index is 12.8. The van der Waals surface area contributed by atoms with Crippen LogP contribution in [0.5, 0.6) is 0 Å². The Kier molecular flexibility index (Phi) is 9.73. The zero-order valence-electron chi connectivity index (χ0n) is 19.3. The van der Waals surface area contributed by atoms with E-state index in [1.807, 2.05) is 44.4 Å². The van der Waals surface area contributed by atoms with E-state index in [1.165, 1.54) is 5.56 Å². The number of hydrogen-bond acceptors (Lipinski definition) is 3. The Morgan fingerprint density at radius 1 is 0.968 bits per heavy atom. The molecule has 0 heterocycles. The Morgan fingerprint density at radius 3 is 2.16 bits per heavy atom. The summed E-state index contributed by atoms with van der Waals surface area (Å²) in [6.07, 6.45) is 3.40. The number of carbonyl (C=O) groups excluding carboxylic acids is 2. The van der Waals surface area contributed by atoms with Crippen molar-refractivity contribution in [3.8, 4) is 0 Å². The highest BCUT2D eigenvalue weighted by Gasteiger charge is 2.19. The van der Waals surface area contributed by atoms with Crippen LogP contribution in [0.1, 0.15) is 60.5 Å². The zero-order chi connectivity index (χ0) is 22.8.